The zero-order chi connectivity index (χ0) is 20.7. The molecule has 0 saturated carbocycles. The van der Waals surface area contributed by atoms with E-state index in [1.165, 1.54) is 0 Å². The van der Waals surface area contributed by atoms with Crippen LogP contribution < -0.4 is 10.6 Å². The van der Waals surface area contributed by atoms with Gasteiger partial charge in [-0.15, -0.1) is 24.0 Å². The monoisotopic (exact) mass is 534 g/mol. The smallest absolute Gasteiger partial charge is 0.248 e. The number of carbonyl (C=O) groups excluding carboxylic acids is 1. The number of halogens is 2. The molecule has 0 aliphatic heterocycles. The minimum absolute atomic E-state index is 0. The molecule has 2 N–H and O–H groups in total. The maximum atomic E-state index is 12.2. The van der Waals surface area contributed by atoms with Crippen LogP contribution in [0.5, 0.6) is 0 Å². The van der Waals surface area contributed by atoms with Gasteiger partial charge in [0.15, 0.2) is 5.96 Å². The number of amides is 1. The fourth-order valence-corrected chi connectivity index (χ4v) is 2.52. The summed E-state index contributed by atoms with van der Waals surface area (Å²) in [6.07, 6.45) is 0. The van der Waals surface area contributed by atoms with E-state index in [2.05, 4.69) is 25.8 Å². The number of hydrogen-bond acceptors (Lipinski definition) is 5. The maximum Gasteiger partial charge on any atom is 0.248 e. The first-order valence-corrected chi connectivity index (χ1v) is 9.44. The first-order valence-electron chi connectivity index (χ1n) is 9.07. The van der Waals surface area contributed by atoms with Gasteiger partial charge in [-0.2, -0.15) is 4.98 Å². The topological polar surface area (TPSA) is 95.7 Å². The van der Waals surface area contributed by atoms with Gasteiger partial charge in [0.05, 0.1) is 6.54 Å². The second kappa shape index (κ2) is 11.3. The number of likely N-dealkylation sites (N-methyl/N-ethyl adjacent to an activating group) is 1. The molecule has 10 heteroatoms. The third kappa shape index (κ3) is 8.57. The van der Waals surface area contributed by atoms with Crippen LogP contribution in [-0.4, -0.2) is 52.6 Å². The summed E-state index contributed by atoms with van der Waals surface area (Å²) in [5, 5.41) is 10.7. The summed E-state index contributed by atoms with van der Waals surface area (Å²) < 4.78 is 5.28. The van der Waals surface area contributed by atoms with Gasteiger partial charge >= 0.3 is 0 Å². The molecule has 160 valence electrons. The Kier molecular flexibility index (Phi) is 9.84. The largest absolute Gasteiger partial charge is 0.356 e. The van der Waals surface area contributed by atoms with Crippen LogP contribution in [0.1, 0.15) is 33.6 Å². The number of aromatic nitrogens is 2. The number of guanidine groups is 1. The van der Waals surface area contributed by atoms with Crippen LogP contribution in [0.2, 0.25) is 5.02 Å². The van der Waals surface area contributed by atoms with Crippen molar-refractivity contribution >= 4 is 47.4 Å². The van der Waals surface area contributed by atoms with E-state index in [9.17, 15) is 4.79 Å². The molecule has 2 aromatic rings. The summed E-state index contributed by atoms with van der Waals surface area (Å²) in [4.78, 5) is 22.7. The fourth-order valence-electron chi connectivity index (χ4n) is 2.40. The number of benzene rings is 1. The van der Waals surface area contributed by atoms with Crippen molar-refractivity contribution in [1.29, 1.82) is 0 Å². The molecule has 0 atom stereocenters. The zero-order valence-corrected chi connectivity index (χ0v) is 20.4. The van der Waals surface area contributed by atoms with Crippen LogP contribution in [0.15, 0.2) is 33.8 Å². The summed E-state index contributed by atoms with van der Waals surface area (Å²) in [5.74, 6) is 1.36. The minimum Gasteiger partial charge on any atom is -0.356 e. The van der Waals surface area contributed by atoms with Crippen molar-refractivity contribution in [2.45, 2.75) is 39.8 Å². The summed E-state index contributed by atoms with van der Waals surface area (Å²) in [6, 6.07) is 7.19. The van der Waals surface area contributed by atoms with Gasteiger partial charge in [-0.05, 0) is 52.0 Å². The third-order valence-electron chi connectivity index (χ3n) is 3.53. The molecule has 1 aromatic heterocycles. The summed E-state index contributed by atoms with van der Waals surface area (Å²) >= 11 is 5.90. The fraction of sp³-hybridized carbons (Fsp3) is 0.474. The molecule has 0 radical (unpaired) electrons. The van der Waals surface area contributed by atoms with Gasteiger partial charge in [-0.1, -0.05) is 16.8 Å². The number of hydrogen-bond donors (Lipinski definition) is 2. The lowest BCUT2D eigenvalue weighted by atomic mass is 10.1. The Morgan fingerprint density at radius 1 is 1.28 bits per heavy atom. The van der Waals surface area contributed by atoms with E-state index in [0.717, 1.165) is 5.56 Å². The average molecular weight is 535 g/mol. The van der Waals surface area contributed by atoms with Crippen LogP contribution in [-0.2, 0) is 11.3 Å². The molecule has 0 unspecified atom stereocenters. The number of nitrogens with one attached hydrogen (secondary N) is 2. The number of aliphatic imine (C=N–C) groups is 1. The Labute approximate surface area is 193 Å². The molecule has 1 aromatic carbocycles. The van der Waals surface area contributed by atoms with Crippen molar-refractivity contribution < 1.29 is 9.32 Å². The Hall–Kier alpha value is -1.88. The van der Waals surface area contributed by atoms with Crippen LogP contribution in [0.3, 0.4) is 0 Å². The summed E-state index contributed by atoms with van der Waals surface area (Å²) in [6.45, 7) is 8.85. The Morgan fingerprint density at radius 2 is 1.93 bits per heavy atom. The molecule has 1 heterocycles. The van der Waals surface area contributed by atoms with E-state index < -0.39 is 0 Å². The molecule has 8 nitrogen and oxygen atoms in total. The van der Waals surface area contributed by atoms with Gasteiger partial charge in [0.25, 0.3) is 0 Å². The second-order valence-corrected chi connectivity index (χ2v) is 7.78. The van der Waals surface area contributed by atoms with E-state index in [1.54, 1.807) is 24.1 Å². The Bertz CT molecular complexity index is 817. The van der Waals surface area contributed by atoms with Crippen molar-refractivity contribution in [1.82, 2.24) is 25.7 Å². The van der Waals surface area contributed by atoms with Crippen molar-refractivity contribution in [3.8, 4) is 11.4 Å². The summed E-state index contributed by atoms with van der Waals surface area (Å²) in [7, 11) is 1.80. The lowest BCUT2D eigenvalue weighted by Crippen LogP contribution is -2.48. The van der Waals surface area contributed by atoms with Crippen LogP contribution >= 0.6 is 35.6 Å². The normalized spacial score (nSPS) is 11.6. The van der Waals surface area contributed by atoms with Crippen molar-refractivity contribution in [2.75, 3.05) is 20.1 Å². The van der Waals surface area contributed by atoms with Crippen LogP contribution in [0.25, 0.3) is 11.4 Å². The highest BCUT2D eigenvalue weighted by molar-refractivity contribution is 14.0. The molecule has 2 rings (SSSR count). The molecule has 29 heavy (non-hydrogen) atoms. The van der Waals surface area contributed by atoms with Crippen molar-refractivity contribution in [3.05, 3.63) is 35.2 Å². The van der Waals surface area contributed by atoms with E-state index in [-0.39, 0.29) is 48.5 Å². The third-order valence-corrected chi connectivity index (χ3v) is 3.78. The number of rotatable bonds is 6. The highest BCUT2D eigenvalue weighted by Crippen LogP contribution is 2.18. The molecule has 0 aliphatic carbocycles. The van der Waals surface area contributed by atoms with E-state index >= 15 is 0 Å². The zero-order valence-electron chi connectivity index (χ0n) is 17.3. The molecule has 0 fully saturated rings. The first kappa shape index (κ1) is 25.2. The number of nitrogens with zero attached hydrogens (tertiary/aromatic N) is 4. The van der Waals surface area contributed by atoms with Crippen molar-refractivity contribution in [3.63, 3.8) is 0 Å². The lowest BCUT2D eigenvalue weighted by molar-refractivity contribution is -0.122. The summed E-state index contributed by atoms with van der Waals surface area (Å²) in [5.41, 5.74) is 0.529. The van der Waals surface area contributed by atoms with E-state index in [4.69, 9.17) is 16.1 Å². The molecule has 0 bridgehead atoms. The van der Waals surface area contributed by atoms with E-state index in [0.29, 0.717) is 29.2 Å². The predicted molar refractivity (Wildman–Crippen MR) is 126 cm³/mol. The first-order chi connectivity index (χ1) is 13.2. The van der Waals surface area contributed by atoms with Gasteiger partial charge < -0.3 is 20.1 Å². The molecule has 0 saturated heterocycles. The predicted octanol–water partition coefficient (Wildman–Crippen LogP) is 3.32. The van der Waals surface area contributed by atoms with Gasteiger partial charge in [0.2, 0.25) is 17.6 Å². The van der Waals surface area contributed by atoms with Gasteiger partial charge in [-0.25, -0.2) is 4.99 Å². The molecular weight excluding hydrogens is 507 g/mol. The van der Waals surface area contributed by atoms with E-state index in [1.807, 2.05) is 39.8 Å². The highest BCUT2D eigenvalue weighted by atomic mass is 127. The average Bonchev–Trinajstić information content (AvgIpc) is 3.06. The Balaban J connectivity index is 0.00000420. The minimum atomic E-state index is -0.283. The standard InChI is InChI=1S/C19H27ClN6O2.HI/c1-6-21-18(26(5)12-15(27)24-19(2,3)4)22-11-16-23-17(25-28-16)13-7-9-14(20)10-8-13;/h7-10H,6,11-12H2,1-5H3,(H,21,22)(H,24,27);1H. The van der Waals surface area contributed by atoms with Crippen LogP contribution in [0.4, 0.5) is 0 Å². The molecule has 1 amide bonds. The Morgan fingerprint density at radius 3 is 2.52 bits per heavy atom. The van der Waals surface area contributed by atoms with Crippen LogP contribution in [0, 0.1) is 0 Å². The number of carbonyl (C=O) groups is 1. The quantitative estimate of drug-likeness (QED) is 0.335. The lowest BCUT2D eigenvalue weighted by Gasteiger charge is -2.25. The molecule has 0 aliphatic rings. The highest BCUT2D eigenvalue weighted by Gasteiger charge is 2.17. The SMILES string of the molecule is CCNC(=NCc1nc(-c2ccc(Cl)cc2)no1)N(C)CC(=O)NC(C)(C)C.I. The molecule has 0 spiro atoms. The maximum absolute atomic E-state index is 12.2. The van der Waals surface area contributed by atoms with Gasteiger partial charge in [0.1, 0.15) is 6.54 Å². The van der Waals surface area contributed by atoms with Crippen molar-refractivity contribution in [2.24, 2.45) is 4.99 Å². The second-order valence-electron chi connectivity index (χ2n) is 7.34. The molecular formula is C19H28ClIN6O2. The van der Waals surface area contributed by atoms with Gasteiger partial charge in [0, 0.05) is 29.7 Å². The van der Waals surface area contributed by atoms with Gasteiger partial charge in [-0.3, -0.25) is 4.79 Å².